The van der Waals surface area contributed by atoms with E-state index in [0.717, 1.165) is 15.6 Å². The fraction of sp³-hybridized carbons (Fsp3) is 0.250. The molecule has 16 heavy (non-hydrogen) atoms. The van der Waals surface area contributed by atoms with Crippen LogP contribution in [0, 0.1) is 6.92 Å². The van der Waals surface area contributed by atoms with Gasteiger partial charge in [-0.1, -0.05) is 11.6 Å². The van der Waals surface area contributed by atoms with Crippen molar-refractivity contribution in [3.8, 4) is 0 Å². The largest absolute Gasteiger partial charge is 0.397 e. The summed E-state index contributed by atoms with van der Waals surface area (Å²) in [5.41, 5.74) is 7.76. The van der Waals surface area contributed by atoms with Crippen LogP contribution in [0.5, 0.6) is 0 Å². The second kappa shape index (κ2) is 3.79. The van der Waals surface area contributed by atoms with Gasteiger partial charge in [0.15, 0.2) is 0 Å². The Kier molecular flexibility index (Phi) is 2.59. The van der Waals surface area contributed by atoms with E-state index in [1.807, 2.05) is 25.1 Å². The van der Waals surface area contributed by atoms with Crippen LogP contribution in [0.3, 0.4) is 0 Å². The predicted octanol–water partition coefficient (Wildman–Crippen LogP) is 2.49. The molecule has 0 aliphatic heterocycles. The van der Waals surface area contributed by atoms with Gasteiger partial charge in [0.1, 0.15) is 4.88 Å². The predicted molar refractivity (Wildman–Crippen MR) is 69.0 cm³/mol. The maximum atomic E-state index is 11.9. The lowest BCUT2D eigenvalue weighted by Crippen LogP contribution is -2.21. The molecular weight excluding hydrogens is 220 g/mol. The molecule has 1 aromatic heterocycles. The van der Waals surface area contributed by atoms with Gasteiger partial charge in [0.2, 0.25) is 0 Å². The van der Waals surface area contributed by atoms with Gasteiger partial charge in [-0.3, -0.25) is 4.79 Å². The third-order valence-corrected chi connectivity index (χ3v) is 3.66. The minimum atomic E-state index is -0.0312. The minimum Gasteiger partial charge on any atom is -0.397 e. The molecule has 2 aromatic rings. The van der Waals surface area contributed by atoms with E-state index in [4.69, 9.17) is 5.73 Å². The van der Waals surface area contributed by atoms with Crippen molar-refractivity contribution in [2.45, 2.75) is 6.92 Å². The summed E-state index contributed by atoms with van der Waals surface area (Å²) in [4.78, 5) is 14.1. The van der Waals surface area contributed by atoms with Crippen molar-refractivity contribution < 1.29 is 4.79 Å². The number of carbonyl (C=O) groups is 1. The number of benzene rings is 1. The molecule has 1 aromatic carbocycles. The van der Waals surface area contributed by atoms with Crippen molar-refractivity contribution in [1.29, 1.82) is 0 Å². The lowest BCUT2D eigenvalue weighted by atomic mass is 10.1. The first-order valence-electron chi connectivity index (χ1n) is 5.01. The van der Waals surface area contributed by atoms with Crippen molar-refractivity contribution in [3.63, 3.8) is 0 Å². The van der Waals surface area contributed by atoms with Crippen LogP contribution in [0.15, 0.2) is 18.2 Å². The normalized spacial score (nSPS) is 10.7. The fourth-order valence-corrected chi connectivity index (χ4v) is 2.72. The van der Waals surface area contributed by atoms with E-state index in [2.05, 4.69) is 0 Å². The van der Waals surface area contributed by atoms with Crippen molar-refractivity contribution in [2.24, 2.45) is 0 Å². The molecule has 84 valence electrons. The molecule has 0 unspecified atom stereocenters. The van der Waals surface area contributed by atoms with Gasteiger partial charge in [-0.15, -0.1) is 11.3 Å². The number of anilines is 1. The molecule has 0 fully saturated rings. The highest BCUT2D eigenvalue weighted by Crippen LogP contribution is 2.34. The quantitative estimate of drug-likeness (QED) is 0.824. The average molecular weight is 234 g/mol. The number of nitrogens with zero attached hydrogens (tertiary/aromatic N) is 1. The lowest BCUT2D eigenvalue weighted by Gasteiger charge is -2.08. The summed E-state index contributed by atoms with van der Waals surface area (Å²) >= 11 is 1.45. The molecular formula is C12H14N2OS. The van der Waals surface area contributed by atoms with Crippen molar-refractivity contribution in [2.75, 3.05) is 19.8 Å². The van der Waals surface area contributed by atoms with Gasteiger partial charge in [0.25, 0.3) is 5.91 Å². The average Bonchev–Trinajstić information content (AvgIpc) is 2.55. The number of thiophene rings is 1. The third-order valence-electron chi connectivity index (χ3n) is 2.48. The molecule has 0 bridgehead atoms. The standard InChI is InChI=1S/C12H14N2OS/c1-7-4-5-9-8(6-7)10(13)11(16-9)12(15)14(2)3/h4-6H,13H2,1-3H3. The SMILES string of the molecule is Cc1ccc2sc(C(=O)N(C)C)c(N)c2c1. The highest BCUT2D eigenvalue weighted by atomic mass is 32.1. The Morgan fingerprint density at radius 2 is 2.06 bits per heavy atom. The van der Waals surface area contributed by atoms with Crippen LogP contribution in [0.1, 0.15) is 15.2 Å². The number of hydrogen-bond donors (Lipinski definition) is 1. The van der Waals surface area contributed by atoms with Crippen LogP contribution in [0.25, 0.3) is 10.1 Å². The van der Waals surface area contributed by atoms with E-state index in [9.17, 15) is 4.79 Å². The maximum absolute atomic E-state index is 11.9. The van der Waals surface area contributed by atoms with E-state index < -0.39 is 0 Å². The molecule has 0 radical (unpaired) electrons. The lowest BCUT2D eigenvalue weighted by molar-refractivity contribution is 0.0833. The molecule has 1 heterocycles. The van der Waals surface area contributed by atoms with Crippen molar-refractivity contribution >= 4 is 33.0 Å². The molecule has 0 atom stereocenters. The highest BCUT2D eigenvalue weighted by molar-refractivity contribution is 7.21. The molecule has 4 heteroatoms. The Morgan fingerprint density at radius 1 is 1.38 bits per heavy atom. The van der Waals surface area contributed by atoms with Crippen LogP contribution in [-0.4, -0.2) is 24.9 Å². The first-order chi connectivity index (χ1) is 7.50. The van der Waals surface area contributed by atoms with Gasteiger partial charge in [0, 0.05) is 24.2 Å². The number of nitrogens with two attached hydrogens (primary N) is 1. The molecule has 0 spiro atoms. The molecule has 0 aliphatic rings. The van der Waals surface area contributed by atoms with Gasteiger partial charge >= 0.3 is 0 Å². The molecule has 2 N–H and O–H groups in total. The summed E-state index contributed by atoms with van der Waals surface area (Å²) < 4.78 is 1.06. The zero-order chi connectivity index (χ0) is 11.9. The van der Waals surface area contributed by atoms with Gasteiger partial charge in [0.05, 0.1) is 5.69 Å². The zero-order valence-corrected chi connectivity index (χ0v) is 10.4. The summed E-state index contributed by atoms with van der Waals surface area (Å²) in [6, 6.07) is 6.06. The van der Waals surface area contributed by atoms with E-state index in [-0.39, 0.29) is 5.91 Å². The summed E-state index contributed by atoms with van der Waals surface area (Å²) in [6.07, 6.45) is 0. The van der Waals surface area contributed by atoms with Gasteiger partial charge in [-0.05, 0) is 19.1 Å². The zero-order valence-electron chi connectivity index (χ0n) is 9.57. The van der Waals surface area contributed by atoms with E-state index >= 15 is 0 Å². The first-order valence-corrected chi connectivity index (χ1v) is 5.82. The Morgan fingerprint density at radius 3 is 2.69 bits per heavy atom. The molecule has 2 rings (SSSR count). The molecule has 1 amide bonds. The summed E-state index contributed by atoms with van der Waals surface area (Å²) in [5, 5.41) is 0.982. The molecule has 3 nitrogen and oxygen atoms in total. The monoisotopic (exact) mass is 234 g/mol. The molecule has 0 saturated heterocycles. The summed E-state index contributed by atoms with van der Waals surface area (Å²) in [7, 11) is 3.47. The second-order valence-electron chi connectivity index (χ2n) is 4.04. The topological polar surface area (TPSA) is 46.3 Å². The fourth-order valence-electron chi connectivity index (χ4n) is 1.59. The van der Waals surface area contributed by atoms with Crippen molar-refractivity contribution in [3.05, 3.63) is 28.6 Å². The van der Waals surface area contributed by atoms with Crippen LogP contribution < -0.4 is 5.73 Å². The maximum Gasteiger partial charge on any atom is 0.265 e. The molecule has 0 saturated carbocycles. The number of amides is 1. The van der Waals surface area contributed by atoms with Crippen molar-refractivity contribution in [1.82, 2.24) is 4.90 Å². The number of hydrogen-bond acceptors (Lipinski definition) is 3. The third kappa shape index (κ3) is 1.65. The Balaban J connectivity index is 2.65. The summed E-state index contributed by atoms with van der Waals surface area (Å²) in [6.45, 7) is 2.02. The number of aryl methyl sites for hydroxylation is 1. The summed E-state index contributed by atoms with van der Waals surface area (Å²) in [5.74, 6) is -0.0312. The number of nitrogen functional groups attached to an aromatic ring is 1. The van der Waals surface area contributed by atoms with E-state index in [1.54, 1.807) is 19.0 Å². The van der Waals surface area contributed by atoms with Gasteiger partial charge < -0.3 is 10.6 Å². The first kappa shape index (κ1) is 11.0. The second-order valence-corrected chi connectivity index (χ2v) is 5.10. The van der Waals surface area contributed by atoms with Crippen LogP contribution in [-0.2, 0) is 0 Å². The Labute approximate surface area is 98.5 Å². The van der Waals surface area contributed by atoms with Crippen LogP contribution in [0.4, 0.5) is 5.69 Å². The van der Waals surface area contributed by atoms with Gasteiger partial charge in [-0.25, -0.2) is 0 Å². The number of fused-ring (bicyclic) bond motifs is 1. The Bertz CT molecular complexity index is 557. The minimum absolute atomic E-state index is 0.0312. The highest BCUT2D eigenvalue weighted by Gasteiger charge is 2.17. The van der Waals surface area contributed by atoms with Gasteiger partial charge in [-0.2, -0.15) is 0 Å². The number of carbonyl (C=O) groups excluding carboxylic acids is 1. The van der Waals surface area contributed by atoms with Crippen LogP contribution >= 0.6 is 11.3 Å². The van der Waals surface area contributed by atoms with E-state index in [1.165, 1.54) is 11.3 Å². The van der Waals surface area contributed by atoms with E-state index in [0.29, 0.717) is 10.6 Å². The smallest absolute Gasteiger partial charge is 0.265 e. The number of rotatable bonds is 1. The Hall–Kier alpha value is -1.55. The van der Waals surface area contributed by atoms with Crippen LogP contribution in [0.2, 0.25) is 0 Å². The molecule has 0 aliphatic carbocycles.